The lowest BCUT2D eigenvalue weighted by Gasteiger charge is -2.35. The first-order valence-electron chi connectivity index (χ1n) is 8.71. The van der Waals surface area contributed by atoms with Gasteiger partial charge in [0.15, 0.2) is 0 Å². The van der Waals surface area contributed by atoms with E-state index in [9.17, 15) is 22.4 Å². The summed E-state index contributed by atoms with van der Waals surface area (Å²) in [5.74, 6) is -1.14. The predicted molar refractivity (Wildman–Crippen MR) is 103 cm³/mol. The molecular weight excluding hydrogens is 385 g/mol. The Morgan fingerprint density at radius 1 is 0.964 bits per heavy atom. The van der Waals surface area contributed by atoms with E-state index < -0.39 is 16.7 Å². The Kier molecular flexibility index (Phi) is 5.93. The summed E-state index contributed by atoms with van der Waals surface area (Å²) in [4.78, 5) is 28.3. The summed E-state index contributed by atoms with van der Waals surface area (Å²) < 4.78 is 37.7. The Bertz CT molecular complexity index is 977. The number of aryl methyl sites for hydroxylation is 1. The van der Waals surface area contributed by atoms with Crippen molar-refractivity contribution in [1.82, 2.24) is 9.80 Å². The summed E-state index contributed by atoms with van der Waals surface area (Å²) in [6.45, 7) is 3.01. The van der Waals surface area contributed by atoms with Gasteiger partial charge in [0.2, 0.25) is 10.9 Å². The molecule has 0 saturated carbocycles. The van der Waals surface area contributed by atoms with Gasteiger partial charge in [-0.1, -0.05) is 12.1 Å². The van der Waals surface area contributed by atoms with Crippen LogP contribution in [-0.4, -0.2) is 56.2 Å². The van der Waals surface area contributed by atoms with Gasteiger partial charge in [0.25, 0.3) is 11.8 Å². The minimum Gasteiger partial charge on any atom is -0.335 e. The van der Waals surface area contributed by atoms with Gasteiger partial charge in [0.1, 0.15) is 5.82 Å². The highest BCUT2D eigenvalue weighted by atomic mass is 32.2. The largest absolute Gasteiger partial charge is 0.335 e. The van der Waals surface area contributed by atoms with E-state index in [-0.39, 0.29) is 17.4 Å². The molecular formula is C19H20FN3O4S. The van der Waals surface area contributed by atoms with Crippen LogP contribution in [0.5, 0.6) is 0 Å². The number of nitrogens with zero attached hydrogens (tertiary/aromatic N) is 2. The van der Waals surface area contributed by atoms with E-state index in [1.165, 1.54) is 23.1 Å². The van der Waals surface area contributed by atoms with Crippen molar-refractivity contribution in [1.29, 1.82) is 0 Å². The maximum absolute atomic E-state index is 13.8. The molecule has 9 heteroatoms. The van der Waals surface area contributed by atoms with Crippen molar-refractivity contribution in [3.8, 4) is 0 Å². The fourth-order valence-corrected chi connectivity index (χ4v) is 3.57. The number of rotatable bonds is 4. The van der Waals surface area contributed by atoms with Gasteiger partial charge in [-0.05, 0) is 42.8 Å². The number of hydrogen-bond donors (Lipinski definition) is 2. The summed E-state index contributed by atoms with van der Waals surface area (Å²) in [6, 6.07) is 10.6. The minimum absolute atomic E-state index is 0.0256. The van der Waals surface area contributed by atoms with Crippen molar-refractivity contribution >= 4 is 28.4 Å². The highest BCUT2D eigenvalue weighted by Gasteiger charge is 2.26. The van der Waals surface area contributed by atoms with Gasteiger partial charge in [-0.3, -0.25) is 14.3 Å². The zero-order valence-corrected chi connectivity index (χ0v) is 16.1. The second-order valence-electron chi connectivity index (χ2n) is 6.46. The van der Waals surface area contributed by atoms with Crippen LogP contribution >= 0.6 is 0 Å². The number of piperazine rings is 1. The molecule has 1 aliphatic rings. The van der Waals surface area contributed by atoms with E-state index in [1.807, 2.05) is 0 Å². The van der Waals surface area contributed by atoms with E-state index in [0.29, 0.717) is 43.0 Å². The Labute approximate surface area is 163 Å². The number of anilines is 1. The number of amides is 2. The number of hydrogen-bond acceptors (Lipinski definition) is 4. The van der Waals surface area contributed by atoms with Gasteiger partial charge in [-0.25, -0.2) is 12.8 Å². The molecule has 1 aliphatic heterocycles. The molecule has 0 aliphatic carbocycles. The van der Waals surface area contributed by atoms with Crippen molar-refractivity contribution in [2.24, 2.45) is 0 Å². The van der Waals surface area contributed by atoms with Crippen molar-refractivity contribution in [3.05, 3.63) is 65.0 Å². The van der Waals surface area contributed by atoms with Gasteiger partial charge in [-0.15, -0.1) is 0 Å². The van der Waals surface area contributed by atoms with Crippen molar-refractivity contribution < 1.29 is 22.4 Å². The second kappa shape index (κ2) is 8.39. The third-order valence-corrected chi connectivity index (χ3v) is 5.07. The Hall–Kier alpha value is -2.94. The topological polar surface area (TPSA) is 86.8 Å². The molecule has 2 amide bonds. The number of benzene rings is 2. The first-order chi connectivity index (χ1) is 13.4. The van der Waals surface area contributed by atoms with Crippen LogP contribution in [0.1, 0.15) is 26.3 Å². The van der Waals surface area contributed by atoms with Crippen LogP contribution in [0.4, 0.5) is 10.1 Å². The maximum Gasteiger partial charge on any atom is 0.256 e. The Morgan fingerprint density at radius 3 is 2.14 bits per heavy atom. The van der Waals surface area contributed by atoms with Crippen LogP contribution in [0.3, 0.4) is 0 Å². The van der Waals surface area contributed by atoms with E-state index in [4.69, 9.17) is 0 Å². The van der Waals surface area contributed by atoms with E-state index >= 15 is 0 Å². The summed E-state index contributed by atoms with van der Waals surface area (Å²) in [5, 5.41) is 0. The molecule has 1 fully saturated rings. The normalized spacial score (nSPS) is 14.2. The van der Waals surface area contributed by atoms with Crippen LogP contribution in [-0.2, 0) is 10.9 Å². The fraction of sp³-hybridized carbons (Fsp3) is 0.263. The van der Waals surface area contributed by atoms with Crippen molar-refractivity contribution in [2.75, 3.05) is 30.9 Å². The lowest BCUT2D eigenvalue weighted by Crippen LogP contribution is -2.50. The lowest BCUT2D eigenvalue weighted by molar-refractivity contribution is 0.0533. The number of carbonyl (C=O) groups excluding carboxylic acids is 2. The molecule has 1 N–H and O–H groups in total. The second-order valence-corrected chi connectivity index (χ2v) is 7.20. The number of carbonyl (C=O) groups is 2. The van der Waals surface area contributed by atoms with Crippen molar-refractivity contribution in [2.45, 2.75) is 6.92 Å². The van der Waals surface area contributed by atoms with Crippen molar-refractivity contribution in [3.63, 3.8) is 0 Å². The molecule has 1 heterocycles. The first-order valence-corrected chi connectivity index (χ1v) is 9.89. The zero-order valence-electron chi connectivity index (χ0n) is 15.2. The quantitative estimate of drug-likeness (QED) is 0.758. The van der Waals surface area contributed by atoms with Gasteiger partial charge < -0.3 is 9.80 Å². The molecule has 1 saturated heterocycles. The molecule has 0 unspecified atom stereocenters. The van der Waals surface area contributed by atoms with Crippen LogP contribution in [0.25, 0.3) is 0 Å². The maximum atomic E-state index is 13.8. The summed E-state index contributed by atoms with van der Waals surface area (Å²) in [6.07, 6.45) is 0. The first kappa shape index (κ1) is 19.8. The van der Waals surface area contributed by atoms with E-state index in [1.54, 1.807) is 36.1 Å². The predicted octanol–water partition coefficient (Wildman–Crippen LogP) is 1.67. The molecule has 0 bridgehead atoms. The molecule has 2 aromatic carbocycles. The van der Waals surface area contributed by atoms with Crippen LogP contribution in [0, 0.1) is 12.7 Å². The monoisotopic (exact) mass is 405 g/mol. The van der Waals surface area contributed by atoms with E-state index in [2.05, 4.69) is 4.72 Å². The molecule has 3 rings (SSSR count). The molecule has 2 aromatic rings. The summed E-state index contributed by atoms with van der Waals surface area (Å²) in [7, 11) is -2.77. The standard InChI is InChI=1S/C19H20FN3O4S/c1-13-12-14(6-7-17(13)21-28(26)27)18(24)22-8-10-23(11-9-22)19(25)15-4-2-3-5-16(15)20/h2-7,12,28H,8-11H2,1H3,(H,21,26,27). The summed E-state index contributed by atoms with van der Waals surface area (Å²) >= 11 is 0. The summed E-state index contributed by atoms with van der Waals surface area (Å²) in [5.41, 5.74) is 1.53. The van der Waals surface area contributed by atoms with Crippen LogP contribution in [0.2, 0.25) is 0 Å². The average molecular weight is 405 g/mol. The molecule has 0 atom stereocenters. The smallest absolute Gasteiger partial charge is 0.256 e. The third kappa shape index (κ3) is 4.30. The van der Waals surface area contributed by atoms with Crippen LogP contribution in [0.15, 0.2) is 42.5 Å². The third-order valence-electron chi connectivity index (χ3n) is 4.64. The molecule has 7 nitrogen and oxygen atoms in total. The number of halogens is 1. The Balaban J connectivity index is 1.65. The number of nitrogens with one attached hydrogen (secondary N) is 1. The molecule has 0 spiro atoms. The van der Waals surface area contributed by atoms with Gasteiger partial charge in [0.05, 0.1) is 11.3 Å². The highest BCUT2D eigenvalue weighted by molar-refractivity contribution is 7.73. The van der Waals surface area contributed by atoms with E-state index in [0.717, 1.165) is 0 Å². The highest BCUT2D eigenvalue weighted by Crippen LogP contribution is 2.19. The fourth-order valence-electron chi connectivity index (χ4n) is 3.12. The average Bonchev–Trinajstić information content (AvgIpc) is 2.68. The lowest BCUT2D eigenvalue weighted by atomic mass is 10.1. The van der Waals surface area contributed by atoms with Crippen LogP contribution < -0.4 is 4.72 Å². The van der Waals surface area contributed by atoms with Gasteiger partial charge >= 0.3 is 0 Å². The minimum atomic E-state index is -2.77. The molecule has 0 radical (unpaired) electrons. The molecule has 28 heavy (non-hydrogen) atoms. The zero-order chi connectivity index (χ0) is 20.3. The SMILES string of the molecule is Cc1cc(C(=O)N2CCN(C(=O)c3ccccc3F)CC2)ccc1N[SH](=O)=O. The van der Waals surface area contributed by atoms with Gasteiger partial charge in [0, 0.05) is 31.7 Å². The molecule has 148 valence electrons. The van der Waals surface area contributed by atoms with Gasteiger partial charge in [-0.2, -0.15) is 0 Å². The Morgan fingerprint density at radius 2 is 1.57 bits per heavy atom. The number of thiol groups is 1. The molecule has 0 aromatic heterocycles.